The summed E-state index contributed by atoms with van der Waals surface area (Å²) in [6.07, 6.45) is 10.6. The van der Waals surface area contributed by atoms with Crippen LogP contribution in [0.1, 0.15) is 70.2 Å². The minimum atomic E-state index is 0.329. The number of nitrogens with zero attached hydrogens (tertiary/aromatic N) is 6. The van der Waals surface area contributed by atoms with Crippen molar-refractivity contribution in [1.29, 1.82) is 0 Å². The fourth-order valence-corrected chi connectivity index (χ4v) is 4.52. The molecule has 1 aliphatic heterocycles. The quantitative estimate of drug-likeness (QED) is 0.671. The number of ether oxygens (including phenoxy) is 1. The summed E-state index contributed by atoms with van der Waals surface area (Å²) < 4.78 is 7.16. The van der Waals surface area contributed by atoms with E-state index in [1.165, 1.54) is 58.0 Å². The third-order valence-electron chi connectivity index (χ3n) is 6.08. The highest BCUT2D eigenvalue weighted by Gasteiger charge is 2.31. The largest absolute Gasteiger partial charge is 0.383 e. The molecule has 2 aliphatic rings. The Balaban J connectivity index is 1.62. The number of aromatic nitrogens is 4. The molecular formula is C19H36N6O. The molecule has 0 N–H and O–H groups in total. The van der Waals surface area contributed by atoms with Gasteiger partial charge in [0, 0.05) is 39.3 Å². The van der Waals surface area contributed by atoms with Crippen LogP contribution in [0.15, 0.2) is 0 Å². The third-order valence-corrected chi connectivity index (χ3v) is 6.08. The van der Waals surface area contributed by atoms with E-state index in [0.29, 0.717) is 12.6 Å². The van der Waals surface area contributed by atoms with Crippen molar-refractivity contribution in [1.82, 2.24) is 30.0 Å². The Morgan fingerprint density at radius 1 is 1.12 bits per heavy atom. The lowest BCUT2D eigenvalue weighted by atomic mass is 9.93. The highest BCUT2D eigenvalue weighted by Crippen LogP contribution is 2.28. The summed E-state index contributed by atoms with van der Waals surface area (Å²) in [7, 11) is 1.73. The first-order valence-electron chi connectivity index (χ1n) is 10.6. The highest BCUT2D eigenvalue weighted by molar-refractivity contribution is 4.95. The molecule has 7 heteroatoms. The van der Waals surface area contributed by atoms with Gasteiger partial charge in [0.25, 0.3) is 0 Å². The van der Waals surface area contributed by atoms with Crippen molar-refractivity contribution in [2.45, 2.75) is 76.9 Å². The second-order valence-corrected chi connectivity index (χ2v) is 7.77. The van der Waals surface area contributed by atoms with Gasteiger partial charge in [-0.2, -0.15) is 0 Å². The molecule has 2 heterocycles. The molecule has 7 nitrogen and oxygen atoms in total. The Morgan fingerprint density at radius 3 is 2.58 bits per heavy atom. The Hall–Kier alpha value is -1.05. The summed E-state index contributed by atoms with van der Waals surface area (Å²) in [6.45, 7) is 8.26. The second-order valence-electron chi connectivity index (χ2n) is 7.77. The zero-order chi connectivity index (χ0) is 18.2. The smallest absolute Gasteiger partial charge is 0.168 e. The summed E-state index contributed by atoms with van der Waals surface area (Å²) >= 11 is 0. The molecule has 1 aromatic rings. The average Bonchev–Trinajstić information content (AvgIpc) is 3.16. The first-order valence-corrected chi connectivity index (χ1v) is 10.6. The van der Waals surface area contributed by atoms with Crippen molar-refractivity contribution in [3.63, 3.8) is 0 Å². The summed E-state index contributed by atoms with van der Waals surface area (Å²) in [5.41, 5.74) is 0. The molecule has 1 atom stereocenters. The molecule has 1 saturated heterocycles. The molecule has 3 rings (SSSR count). The fraction of sp³-hybridized carbons (Fsp3) is 0.947. The van der Waals surface area contributed by atoms with Crippen molar-refractivity contribution in [2.75, 3.05) is 39.9 Å². The topological polar surface area (TPSA) is 59.3 Å². The monoisotopic (exact) mass is 364 g/mol. The van der Waals surface area contributed by atoms with Gasteiger partial charge in [-0.1, -0.05) is 39.0 Å². The first kappa shape index (κ1) is 19.7. The summed E-state index contributed by atoms with van der Waals surface area (Å²) in [4.78, 5) is 5.35. The maximum absolute atomic E-state index is 5.22. The summed E-state index contributed by atoms with van der Waals surface area (Å²) in [5.74, 6) is 1.02. The maximum Gasteiger partial charge on any atom is 0.168 e. The first-order chi connectivity index (χ1) is 12.8. The number of unbranched alkanes of at least 4 members (excludes halogenated alkanes) is 1. The van der Waals surface area contributed by atoms with Gasteiger partial charge in [0.15, 0.2) is 5.82 Å². The van der Waals surface area contributed by atoms with Crippen LogP contribution in [-0.4, -0.2) is 75.9 Å². The number of methoxy groups -OCH3 is 1. The van der Waals surface area contributed by atoms with Crippen LogP contribution in [0.4, 0.5) is 0 Å². The van der Waals surface area contributed by atoms with Crippen molar-refractivity contribution >= 4 is 0 Å². The van der Waals surface area contributed by atoms with E-state index < -0.39 is 0 Å². The number of tetrazole rings is 1. The van der Waals surface area contributed by atoms with E-state index in [0.717, 1.165) is 37.9 Å². The summed E-state index contributed by atoms with van der Waals surface area (Å²) in [5, 5.41) is 12.6. The van der Waals surface area contributed by atoms with Gasteiger partial charge in [0.1, 0.15) is 0 Å². The molecular weight excluding hydrogens is 328 g/mol. The third kappa shape index (κ3) is 5.02. The fourth-order valence-electron chi connectivity index (χ4n) is 4.52. The van der Waals surface area contributed by atoms with Crippen molar-refractivity contribution < 1.29 is 4.74 Å². The molecule has 0 aromatic carbocycles. The molecule has 1 saturated carbocycles. The van der Waals surface area contributed by atoms with E-state index in [-0.39, 0.29) is 0 Å². The van der Waals surface area contributed by atoms with Crippen LogP contribution in [-0.2, 0) is 11.3 Å². The molecule has 2 fully saturated rings. The van der Waals surface area contributed by atoms with Crippen LogP contribution < -0.4 is 0 Å². The minimum absolute atomic E-state index is 0.329. The van der Waals surface area contributed by atoms with E-state index >= 15 is 0 Å². The lowest BCUT2D eigenvalue weighted by Crippen LogP contribution is -2.51. The van der Waals surface area contributed by atoms with Gasteiger partial charge in [-0.15, -0.1) is 5.10 Å². The zero-order valence-electron chi connectivity index (χ0n) is 16.6. The van der Waals surface area contributed by atoms with Gasteiger partial charge in [-0.05, 0) is 29.7 Å². The number of hydrogen-bond donors (Lipinski definition) is 0. The molecule has 0 bridgehead atoms. The minimum Gasteiger partial charge on any atom is -0.383 e. The predicted molar refractivity (Wildman–Crippen MR) is 102 cm³/mol. The highest BCUT2D eigenvalue weighted by atomic mass is 16.5. The van der Waals surface area contributed by atoms with Gasteiger partial charge in [-0.3, -0.25) is 9.80 Å². The molecule has 1 aromatic heterocycles. The Kier molecular flexibility index (Phi) is 7.83. The van der Waals surface area contributed by atoms with Crippen molar-refractivity contribution in [2.24, 2.45) is 0 Å². The molecule has 0 amide bonds. The van der Waals surface area contributed by atoms with E-state index in [9.17, 15) is 0 Å². The Morgan fingerprint density at radius 2 is 1.88 bits per heavy atom. The Labute approximate surface area is 158 Å². The number of hydrogen-bond acceptors (Lipinski definition) is 6. The van der Waals surface area contributed by atoms with E-state index in [2.05, 4.69) is 32.2 Å². The van der Waals surface area contributed by atoms with Gasteiger partial charge < -0.3 is 4.74 Å². The number of piperazine rings is 1. The van der Waals surface area contributed by atoms with Crippen molar-refractivity contribution in [3.8, 4) is 0 Å². The van der Waals surface area contributed by atoms with Crippen LogP contribution >= 0.6 is 0 Å². The van der Waals surface area contributed by atoms with Gasteiger partial charge in [0.2, 0.25) is 0 Å². The Bertz CT molecular complexity index is 508. The second kappa shape index (κ2) is 10.3. The molecule has 1 unspecified atom stereocenters. The van der Waals surface area contributed by atoms with Gasteiger partial charge >= 0.3 is 0 Å². The molecule has 148 valence electrons. The molecule has 26 heavy (non-hydrogen) atoms. The SMILES string of the molecule is CCCCC(c1nnnn1CCOC)N1CCN(C2CCCCC2)CC1. The van der Waals surface area contributed by atoms with Crippen LogP contribution in [0.2, 0.25) is 0 Å². The van der Waals surface area contributed by atoms with E-state index in [4.69, 9.17) is 4.74 Å². The molecule has 1 aliphatic carbocycles. The lowest BCUT2D eigenvalue weighted by molar-refractivity contribution is 0.0491. The zero-order valence-corrected chi connectivity index (χ0v) is 16.6. The molecule has 0 spiro atoms. The van der Waals surface area contributed by atoms with Gasteiger partial charge in [0.05, 0.1) is 19.2 Å². The predicted octanol–water partition coefficient (Wildman–Crippen LogP) is 2.50. The normalized spacial score (nSPS) is 21.9. The van der Waals surface area contributed by atoms with Crippen LogP contribution in [0.3, 0.4) is 0 Å². The van der Waals surface area contributed by atoms with Crippen molar-refractivity contribution in [3.05, 3.63) is 5.82 Å². The number of rotatable bonds is 9. The van der Waals surface area contributed by atoms with Crippen LogP contribution in [0, 0.1) is 0 Å². The van der Waals surface area contributed by atoms with Crippen LogP contribution in [0.5, 0.6) is 0 Å². The van der Waals surface area contributed by atoms with Gasteiger partial charge in [-0.25, -0.2) is 4.68 Å². The molecule has 0 radical (unpaired) electrons. The summed E-state index contributed by atoms with van der Waals surface area (Å²) in [6, 6.07) is 1.15. The van der Waals surface area contributed by atoms with E-state index in [1.54, 1.807) is 7.11 Å². The van der Waals surface area contributed by atoms with E-state index in [1.807, 2.05) is 4.68 Å². The maximum atomic E-state index is 5.22. The average molecular weight is 365 g/mol. The standard InChI is InChI=1S/C19H36N6O/c1-3-4-10-18(19-20-21-22-25(19)15-16-26-2)24-13-11-23(12-14-24)17-8-6-5-7-9-17/h17-18H,3-16H2,1-2H3. The lowest BCUT2D eigenvalue weighted by Gasteiger charge is -2.43. The van der Waals surface area contributed by atoms with Crippen LogP contribution in [0.25, 0.3) is 0 Å².